The highest BCUT2D eigenvalue weighted by atomic mass is 16.5. The molecule has 2 aromatic rings. The second kappa shape index (κ2) is 7.81. The predicted octanol–water partition coefficient (Wildman–Crippen LogP) is 2.10. The fraction of sp³-hybridized carbons (Fsp3) is 0.538. The maximum absolute atomic E-state index is 13.1. The maximum atomic E-state index is 13.1. The number of fused-ring (bicyclic) bond motifs is 4. The molecule has 1 amide bonds. The third-order valence-electron chi connectivity index (χ3n) is 9.06. The van der Waals surface area contributed by atoms with Crippen molar-refractivity contribution < 1.29 is 19.4 Å². The number of hydrogen-bond donors (Lipinski definition) is 5. The molecule has 3 fully saturated rings. The number of ether oxygens (including phenoxy) is 2. The van der Waals surface area contributed by atoms with Crippen molar-refractivity contribution in [2.24, 2.45) is 17.8 Å². The van der Waals surface area contributed by atoms with Gasteiger partial charge in [-0.15, -0.1) is 0 Å². The Labute approximate surface area is 204 Å². The van der Waals surface area contributed by atoms with Crippen LogP contribution < -0.4 is 31.0 Å². The van der Waals surface area contributed by atoms with Crippen LogP contribution in [0, 0.1) is 17.8 Å². The minimum Gasteiger partial charge on any atom is -0.497 e. The third-order valence-corrected chi connectivity index (χ3v) is 9.06. The first kappa shape index (κ1) is 21.4. The molecule has 5 aliphatic rings. The second-order valence-electron chi connectivity index (χ2n) is 10.7. The summed E-state index contributed by atoms with van der Waals surface area (Å²) in [6.45, 7) is 0.561. The van der Waals surface area contributed by atoms with Crippen molar-refractivity contribution in [1.82, 2.24) is 15.8 Å². The lowest BCUT2D eigenvalue weighted by Crippen LogP contribution is -2.39. The molecule has 5 N–H and O–H groups in total. The molecule has 9 heteroatoms. The fourth-order valence-corrected chi connectivity index (χ4v) is 7.13. The molecule has 3 aliphatic heterocycles. The molecule has 184 valence electrons. The van der Waals surface area contributed by atoms with Crippen LogP contribution in [0.2, 0.25) is 0 Å². The van der Waals surface area contributed by atoms with E-state index in [2.05, 4.69) is 26.5 Å². The minimum atomic E-state index is -0.389. The lowest BCUT2D eigenvalue weighted by atomic mass is 9.74. The van der Waals surface area contributed by atoms with E-state index in [0.717, 1.165) is 59.8 Å². The molecule has 9 nitrogen and oxygen atoms in total. The molecule has 7 rings (SSSR count). The van der Waals surface area contributed by atoms with Gasteiger partial charge in [0, 0.05) is 35.3 Å². The summed E-state index contributed by atoms with van der Waals surface area (Å²) >= 11 is 0. The van der Waals surface area contributed by atoms with Gasteiger partial charge in [0.15, 0.2) is 11.6 Å². The van der Waals surface area contributed by atoms with Gasteiger partial charge in [-0.3, -0.25) is 10.2 Å². The van der Waals surface area contributed by atoms with Crippen molar-refractivity contribution in [2.45, 2.75) is 49.2 Å². The van der Waals surface area contributed by atoms with Crippen LogP contribution in [0.5, 0.6) is 11.5 Å². The lowest BCUT2D eigenvalue weighted by Gasteiger charge is -2.34. The van der Waals surface area contributed by atoms with Gasteiger partial charge in [0.2, 0.25) is 5.91 Å². The summed E-state index contributed by atoms with van der Waals surface area (Å²) in [5.74, 6) is 3.73. The van der Waals surface area contributed by atoms with Crippen LogP contribution >= 0.6 is 0 Å². The molecule has 4 heterocycles. The topological polar surface area (TPSA) is 117 Å². The predicted molar refractivity (Wildman–Crippen MR) is 129 cm³/mol. The molecular weight excluding hydrogens is 446 g/mol. The Morgan fingerprint density at radius 1 is 1.29 bits per heavy atom. The van der Waals surface area contributed by atoms with E-state index in [9.17, 15) is 9.90 Å². The largest absolute Gasteiger partial charge is 0.497 e. The van der Waals surface area contributed by atoms with Crippen molar-refractivity contribution in [2.75, 3.05) is 31.0 Å². The van der Waals surface area contributed by atoms with Crippen LogP contribution in [-0.4, -0.2) is 48.5 Å². The van der Waals surface area contributed by atoms with Crippen molar-refractivity contribution >= 4 is 17.4 Å². The van der Waals surface area contributed by atoms with Crippen molar-refractivity contribution in [1.29, 1.82) is 0 Å². The number of hydrazine groups is 1. The Morgan fingerprint density at radius 3 is 3.06 bits per heavy atom. The molecule has 0 radical (unpaired) electrons. The van der Waals surface area contributed by atoms with Crippen LogP contribution in [0.25, 0.3) is 0 Å². The van der Waals surface area contributed by atoms with Crippen molar-refractivity contribution in [3.05, 3.63) is 41.6 Å². The number of hydrogen-bond acceptors (Lipinski definition) is 8. The van der Waals surface area contributed by atoms with Gasteiger partial charge in [0.1, 0.15) is 5.75 Å². The first-order chi connectivity index (χ1) is 17.1. The summed E-state index contributed by atoms with van der Waals surface area (Å²) in [4.78, 5) is 17.6. The zero-order valence-corrected chi connectivity index (χ0v) is 19.7. The zero-order chi connectivity index (χ0) is 23.7. The third kappa shape index (κ3) is 3.11. The number of aliphatic hydroxyl groups excluding tert-OH is 1. The summed E-state index contributed by atoms with van der Waals surface area (Å²) in [5.41, 5.74) is 9.63. The number of nitrogens with zero attached hydrogens (tertiary/aromatic N) is 1. The highest BCUT2D eigenvalue weighted by molar-refractivity contribution is 6.09. The van der Waals surface area contributed by atoms with E-state index >= 15 is 0 Å². The summed E-state index contributed by atoms with van der Waals surface area (Å²) < 4.78 is 11.3. The van der Waals surface area contributed by atoms with Gasteiger partial charge in [-0.25, -0.2) is 10.4 Å². The van der Waals surface area contributed by atoms with Crippen LogP contribution in [0.4, 0.5) is 11.5 Å². The summed E-state index contributed by atoms with van der Waals surface area (Å²) in [5, 5.41) is 16.3. The number of pyridine rings is 1. The van der Waals surface area contributed by atoms with E-state index in [1.54, 1.807) is 13.3 Å². The SMILES string of the molecule is COc1ccc2c(c1)[C@]1(C[C@H]1C1CCC3C(C1)NNC3Nc1nccc3c1OC[C@@H]3CO)C(=O)N2. The van der Waals surface area contributed by atoms with Gasteiger partial charge in [0.05, 0.1) is 31.9 Å². The number of aromatic nitrogens is 1. The van der Waals surface area contributed by atoms with Crippen molar-refractivity contribution in [3.8, 4) is 11.5 Å². The van der Waals surface area contributed by atoms with Gasteiger partial charge in [-0.2, -0.15) is 0 Å². The number of methoxy groups -OCH3 is 1. The molecule has 1 spiro atoms. The minimum absolute atomic E-state index is 0.00940. The van der Waals surface area contributed by atoms with Crippen LogP contribution in [0.15, 0.2) is 30.5 Å². The molecule has 0 bridgehead atoms. The number of carbonyl (C=O) groups is 1. The molecule has 7 atom stereocenters. The van der Waals surface area contributed by atoms with E-state index in [4.69, 9.17) is 9.47 Å². The fourth-order valence-electron chi connectivity index (χ4n) is 7.13. The van der Waals surface area contributed by atoms with Crippen LogP contribution in [0.3, 0.4) is 0 Å². The molecule has 35 heavy (non-hydrogen) atoms. The number of nitrogens with one attached hydrogen (secondary N) is 4. The van der Waals surface area contributed by atoms with E-state index < -0.39 is 0 Å². The zero-order valence-electron chi connectivity index (χ0n) is 19.7. The Kier molecular flexibility index (Phi) is 4.78. The molecule has 1 saturated heterocycles. The molecule has 1 aromatic heterocycles. The van der Waals surface area contributed by atoms with E-state index in [1.165, 1.54) is 0 Å². The number of rotatable bonds is 5. The maximum Gasteiger partial charge on any atom is 0.235 e. The van der Waals surface area contributed by atoms with Gasteiger partial charge in [0.25, 0.3) is 0 Å². The number of benzene rings is 1. The average Bonchev–Trinajstić information content (AvgIpc) is 3.14. The lowest BCUT2D eigenvalue weighted by molar-refractivity contribution is -0.118. The second-order valence-corrected chi connectivity index (χ2v) is 10.7. The monoisotopic (exact) mass is 477 g/mol. The van der Waals surface area contributed by atoms with Crippen LogP contribution in [-0.2, 0) is 10.2 Å². The number of aliphatic hydroxyl groups is 1. The summed E-state index contributed by atoms with van der Waals surface area (Å²) in [6, 6.07) is 8.19. The highest BCUT2D eigenvalue weighted by Crippen LogP contribution is 2.65. The van der Waals surface area contributed by atoms with Gasteiger partial charge < -0.3 is 25.2 Å². The first-order valence-corrected chi connectivity index (χ1v) is 12.6. The standard InChI is InChI=1S/C26H31N5O4/c1-34-15-3-5-20-18(9-15)26(25(33)28-20)10-19(26)13-2-4-17-21(8-13)30-31-23(17)29-24-22-16(6-7-27-24)14(11-32)12-35-22/h3,5-7,9,13-14,17,19,21,23,30-32H,2,4,8,10-12H2,1H3,(H,27,29)(H,28,33)/t13?,14-,17?,19-,21?,23?,26-/m0/s1. The molecule has 1 aromatic carbocycles. The molecule has 2 saturated carbocycles. The quantitative estimate of drug-likeness (QED) is 0.445. The van der Waals surface area contributed by atoms with Crippen molar-refractivity contribution in [3.63, 3.8) is 0 Å². The number of amides is 1. The Morgan fingerprint density at radius 2 is 2.20 bits per heavy atom. The Bertz CT molecular complexity index is 1190. The van der Waals surface area contributed by atoms with E-state index in [-0.39, 0.29) is 30.0 Å². The number of carbonyl (C=O) groups excluding carboxylic acids is 1. The van der Waals surface area contributed by atoms with Gasteiger partial charge >= 0.3 is 0 Å². The molecular formula is C26H31N5O4. The van der Waals surface area contributed by atoms with Crippen LogP contribution in [0.1, 0.15) is 42.7 Å². The van der Waals surface area contributed by atoms with Gasteiger partial charge in [-0.05, 0) is 67.3 Å². The number of anilines is 2. The normalized spacial score (nSPS) is 36.2. The highest BCUT2D eigenvalue weighted by Gasteiger charge is 2.67. The van der Waals surface area contributed by atoms with Gasteiger partial charge in [-0.1, -0.05) is 0 Å². The Balaban J connectivity index is 1.05. The van der Waals surface area contributed by atoms with E-state index in [1.807, 2.05) is 24.3 Å². The smallest absolute Gasteiger partial charge is 0.235 e. The van der Waals surface area contributed by atoms with E-state index in [0.29, 0.717) is 30.4 Å². The first-order valence-electron chi connectivity index (χ1n) is 12.6. The molecule has 2 aliphatic carbocycles. The average molecular weight is 478 g/mol. The Hall–Kier alpha value is -2.88. The summed E-state index contributed by atoms with van der Waals surface area (Å²) in [6.07, 6.45) is 5.95. The summed E-state index contributed by atoms with van der Waals surface area (Å²) in [7, 11) is 1.67. The molecule has 4 unspecified atom stereocenters.